The fourth-order valence-corrected chi connectivity index (χ4v) is 3.49. The van der Waals surface area contributed by atoms with Gasteiger partial charge < -0.3 is 14.8 Å². The Morgan fingerprint density at radius 2 is 1.93 bits per heavy atom. The predicted molar refractivity (Wildman–Crippen MR) is 120 cm³/mol. The first-order valence-electron chi connectivity index (χ1n) is 8.54. The van der Waals surface area contributed by atoms with Crippen LogP contribution in [-0.4, -0.2) is 29.7 Å². The summed E-state index contributed by atoms with van der Waals surface area (Å²) in [6, 6.07) is 12.8. The fourth-order valence-electron chi connectivity index (χ4n) is 2.37. The van der Waals surface area contributed by atoms with Gasteiger partial charge in [-0.25, -0.2) is 4.98 Å². The molecule has 0 aliphatic carbocycles. The van der Waals surface area contributed by atoms with Crippen molar-refractivity contribution in [2.24, 2.45) is 0 Å². The third-order valence-corrected chi connectivity index (χ3v) is 5.25. The number of methoxy groups -OCH3 is 1. The molecule has 3 aromatic rings. The summed E-state index contributed by atoms with van der Waals surface area (Å²) in [5.41, 5.74) is 2.63. The lowest BCUT2D eigenvalue weighted by Gasteiger charge is -2.09. The van der Waals surface area contributed by atoms with E-state index < -0.39 is 0 Å². The van der Waals surface area contributed by atoms with Gasteiger partial charge in [0, 0.05) is 16.0 Å². The molecule has 0 bridgehead atoms. The summed E-state index contributed by atoms with van der Waals surface area (Å²) in [6.45, 7) is 1.69. The molecule has 0 unspecified atom stereocenters. The summed E-state index contributed by atoms with van der Waals surface area (Å²) in [5, 5.41) is 8.76. The van der Waals surface area contributed by atoms with Crippen LogP contribution in [0.3, 0.4) is 0 Å². The van der Waals surface area contributed by atoms with Crippen molar-refractivity contribution in [2.45, 2.75) is 6.92 Å². The zero-order chi connectivity index (χ0) is 20.8. The molecule has 0 saturated heterocycles. The summed E-state index contributed by atoms with van der Waals surface area (Å²) in [6.07, 6.45) is 0. The summed E-state index contributed by atoms with van der Waals surface area (Å²) in [4.78, 5) is 16.5. The lowest BCUT2D eigenvalue weighted by molar-refractivity contribution is -0.121. The number of aryl methyl sites for hydroxylation is 1. The Hall–Kier alpha value is -2.68. The molecule has 9 heteroatoms. The van der Waals surface area contributed by atoms with E-state index in [0.29, 0.717) is 15.9 Å². The van der Waals surface area contributed by atoms with Crippen LogP contribution in [0.1, 0.15) is 5.56 Å². The number of carbonyl (C=O) groups is 1. The van der Waals surface area contributed by atoms with Crippen molar-refractivity contribution >= 4 is 51.3 Å². The maximum Gasteiger partial charge on any atom is 0.264 e. The smallest absolute Gasteiger partial charge is 0.264 e. The minimum Gasteiger partial charge on any atom is -0.497 e. The number of ether oxygens (including phenoxy) is 2. The molecule has 6 nitrogen and oxygen atoms in total. The Morgan fingerprint density at radius 1 is 1.21 bits per heavy atom. The Balaban J connectivity index is 1.50. The van der Waals surface area contributed by atoms with Gasteiger partial charge in [-0.2, -0.15) is 0 Å². The molecule has 0 aliphatic heterocycles. The zero-order valence-corrected chi connectivity index (χ0v) is 18.1. The number of thiazole rings is 1. The van der Waals surface area contributed by atoms with Crippen LogP contribution < -0.4 is 20.1 Å². The van der Waals surface area contributed by atoms with Crippen molar-refractivity contribution < 1.29 is 14.3 Å². The van der Waals surface area contributed by atoms with Gasteiger partial charge in [-0.15, -0.1) is 11.3 Å². The second-order valence-electron chi connectivity index (χ2n) is 5.97. The molecule has 0 atom stereocenters. The highest BCUT2D eigenvalue weighted by atomic mass is 35.5. The SMILES string of the molecule is COc1ccc(-c2csc(NC(=S)NC(=O)COc3ccc(Cl)c(C)c3)n2)cc1. The lowest BCUT2D eigenvalue weighted by Crippen LogP contribution is -2.37. The standard InChI is InChI=1S/C20H18ClN3O3S2/c1-12-9-15(7-8-16(12)21)27-10-18(25)23-19(28)24-20-22-17(11-29-20)13-3-5-14(26-2)6-4-13/h3-9,11H,10H2,1-2H3,(H2,22,23,24,25,28). The number of nitrogens with zero attached hydrogens (tertiary/aromatic N) is 1. The Morgan fingerprint density at radius 3 is 2.62 bits per heavy atom. The average Bonchev–Trinajstić information content (AvgIpc) is 3.17. The number of benzene rings is 2. The molecule has 0 fully saturated rings. The van der Waals surface area contributed by atoms with Crippen molar-refractivity contribution in [3.05, 3.63) is 58.4 Å². The molecule has 2 aromatic carbocycles. The number of amides is 1. The van der Waals surface area contributed by atoms with Crippen LogP contribution >= 0.6 is 35.2 Å². The van der Waals surface area contributed by atoms with Crippen LogP contribution in [0.4, 0.5) is 5.13 Å². The molecule has 29 heavy (non-hydrogen) atoms. The number of thiocarbonyl (C=S) groups is 1. The number of anilines is 1. The molecule has 0 spiro atoms. The maximum atomic E-state index is 12.0. The van der Waals surface area contributed by atoms with E-state index in [2.05, 4.69) is 15.6 Å². The van der Waals surface area contributed by atoms with Crippen LogP contribution in [0.25, 0.3) is 11.3 Å². The van der Waals surface area contributed by atoms with E-state index >= 15 is 0 Å². The first kappa shape index (κ1) is 21.0. The Labute approximate surface area is 182 Å². The van der Waals surface area contributed by atoms with Crippen molar-refractivity contribution in [1.29, 1.82) is 0 Å². The van der Waals surface area contributed by atoms with E-state index in [1.54, 1.807) is 25.3 Å². The Kier molecular flexibility index (Phi) is 7.03. The lowest BCUT2D eigenvalue weighted by atomic mass is 10.2. The zero-order valence-electron chi connectivity index (χ0n) is 15.7. The van der Waals surface area contributed by atoms with Gasteiger partial charge in [0.15, 0.2) is 16.9 Å². The normalized spacial score (nSPS) is 10.3. The molecule has 2 N–H and O–H groups in total. The molecule has 0 aliphatic rings. The molecule has 1 aromatic heterocycles. The number of halogens is 1. The van der Waals surface area contributed by atoms with Gasteiger partial charge in [0.2, 0.25) is 0 Å². The Bertz CT molecular complexity index is 1020. The summed E-state index contributed by atoms with van der Waals surface area (Å²) >= 11 is 12.5. The highest BCUT2D eigenvalue weighted by Gasteiger charge is 2.10. The number of aromatic nitrogens is 1. The van der Waals surface area contributed by atoms with Crippen LogP contribution in [0.5, 0.6) is 11.5 Å². The molecule has 0 saturated carbocycles. The van der Waals surface area contributed by atoms with Crippen LogP contribution in [0.2, 0.25) is 5.02 Å². The van der Waals surface area contributed by atoms with Gasteiger partial charge in [-0.05, 0) is 67.2 Å². The van der Waals surface area contributed by atoms with Gasteiger partial charge in [0.1, 0.15) is 11.5 Å². The van der Waals surface area contributed by atoms with Crippen molar-refractivity contribution in [3.63, 3.8) is 0 Å². The van der Waals surface area contributed by atoms with Crippen LogP contribution in [0.15, 0.2) is 47.8 Å². The molecule has 150 valence electrons. The van der Waals surface area contributed by atoms with E-state index in [-0.39, 0.29) is 17.6 Å². The first-order valence-corrected chi connectivity index (χ1v) is 10.2. The van der Waals surface area contributed by atoms with Gasteiger partial charge >= 0.3 is 0 Å². The molecule has 1 heterocycles. The number of hydrogen-bond acceptors (Lipinski definition) is 6. The molecular formula is C20H18ClN3O3S2. The fraction of sp³-hybridized carbons (Fsp3) is 0.150. The van der Waals surface area contributed by atoms with E-state index in [0.717, 1.165) is 22.6 Å². The van der Waals surface area contributed by atoms with Crippen molar-refractivity contribution in [3.8, 4) is 22.8 Å². The van der Waals surface area contributed by atoms with Crippen molar-refractivity contribution in [1.82, 2.24) is 10.3 Å². The van der Waals surface area contributed by atoms with Crippen molar-refractivity contribution in [2.75, 3.05) is 19.0 Å². The van der Waals surface area contributed by atoms with Gasteiger partial charge in [-0.1, -0.05) is 11.6 Å². The second-order valence-corrected chi connectivity index (χ2v) is 7.64. The number of rotatable bonds is 6. The minimum atomic E-state index is -0.373. The summed E-state index contributed by atoms with van der Waals surface area (Å²) in [7, 11) is 1.62. The van der Waals surface area contributed by atoms with Gasteiger partial charge in [0.25, 0.3) is 5.91 Å². The molecule has 0 radical (unpaired) electrons. The van der Waals surface area contributed by atoms with E-state index in [1.807, 2.05) is 36.6 Å². The average molecular weight is 448 g/mol. The maximum absolute atomic E-state index is 12.0. The second kappa shape index (κ2) is 9.69. The number of carbonyl (C=O) groups excluding carboxylic acids is 1. The molecule has 1 amide bonds. The third kappa shape index (κ3) is 5.90. The van der Waals surface area contributed by atoms with Gasteiger partial charge in [-0.3, -0.25) is 10.1 Å². The summed E-state index contributed by atoms with van der Waals surface area (Å²) in [5.74, 6) is 0.967. The largest absolute Gasteiger partial charge is 0.497 e. The highest BCUT2D eigenvalue weighted by molar-refractivity contribution is 7.80. The van der Waals surface area contributed by atoms with Crippen LogP contribution in [0, 0.1) is 6.92 Å². The van der Waals surface area contributed by atoms with E-state index in [4.69, 9.17) is 33.3 Å². The first-order chi connectivity index (χ1) is 13.9. The van der Waals surface area contributed by atoms with Gasteiger partial charge in [0.05, 0.1) is 12.8 Å². The highest BCUT2D eigenvalue weighted by Crippen LogP contribution is 2.26. The third-order valence-electron chi connectivity index (χ3n) is 3.86. The van der Waals surface area contributed by atoms with E-state index in [1.165, 1.54) is 11.3 Å². The molecular weight excluding hydrogens is 430 g/mol. The predicted octanol–water partition coefficient (Wildman–Crippen LogP) is 4.67. The van der Waals surface area contributed by atoms with E-state index in [9.17, 15) is 4.79 Å². The molecule has 3 rings (SSSR count). The quantitative estimate of drug-likeness (QED) is 0.535. The summed E-state index contributed by atoms with van der Waals surface area (Å²) < 4.78 is 10.6. The topological polar surface area (TPSA) is 72.5 Å². The van der Waals surface area contributed by atoms with Crippen LogP contribution in [-0.2, 0) is 4.79 Å². The number of hydrogen-bond donors (Lipinski definition) is 2. The number of nitrogens with one attached hydrogen (secondary N) is 2. The monoisotopic (exact) mass is 447 g/mol. The minimum absolute atomic E-state index is 0.154.